The Balaban J connectivity index is 1.71. The molecule has 7 nitrogen and oxygen atoms in total. The minimum atomic E-state index is 0.207. The molecule has 7 heteroatoms. The summed E-state index contributed by atoms with van der Waals surface area (Å²) in [4.78, 5) is 11.7. The summed E-state index contributed by atoms with van der Waals surface area (Å²) in [5, 5.41) is 25.7. The number of rotatable bonds is 8. The molecule has 3 heterocycles. The van der Waals surface area contributed by atoms with E-state index < -0.39 is 0 Å². The molecule has 29 heavy (non-hydrogen) atoms. The summed E-state index contributed by atoms with van der Waals surface area (Å²) in [6.45, 7) is 9.71. The van der Waals surface area contributed by atoms with Gasteiger partial charge in [-0.3, -0.25) is 0 Å². The van der Waals surface area contributed by atoms with Crippen LogP contribution in [0.3, 0.4) is 0 Å². The molecular weight excluding hydrogens is 366 g/mol. The fraction of sp³-hybridized carbons (Fsp3) is 0.773. The maximum atomic E-state index is 9.84. The van der Waals surface area contributed by atoms with Gasteiger partial charge in [-0.15, -0.1) is 0 Å². The molecule has 0 amide bonds. The van der Waals surface area contributed by atoms with Gasteiger partial charge < -0.3 is 15.1 Å². The van der Waals surface area contributed by atoms with Gasteiger partial charge in [0.05, 0.1) is 11.1 Å². The highest BCUT2D eigenvalue weighted by atomic mass is 16.3. The Morgan fingerprint density at radius 1 is 1.10 bits per heavy atom. The first-order valence-corrected chi connectivity index (χ1v) is 11.2. The maximum absolute atomic E-state index is 9.84. The zero-order valence-corrected chi connectivity index (χ0v) is 18.0. The van der Waals surface area contributed by atoms with E-state index >= 15 is 0 Å². The van der Waals surface area contributed by atoms with Gasteiger partial charge >= 0.3 is 0 Å². The van der Waals surface area contributed by atoms with Crippen molar-refractivity contribution in [3.05, 3.63) is 12.0 Å². The molecule has 4 atom stereocenters. The highest BCUT2D eigenvalue weighted by Crippen LogP contribution is 2.47. The smallest absolute Gasteiger partial charge is 0.163 e. The number of aromatic nitrogens is 4. The second kappa shape index (κ2) is 8.56. The van der Waals surface area contributed by atoms with E-state index in [0.717, 1.165) is 67.9 Å². The van der Waals surface area contributed by atoms with Crippen molar-refractivity contribution >= 4 is 16.9 Å². The van der Waals surface area contributed by atoms with Crippen LogP contribution in [-0.4, -0.2) is 56.3 Å². The van der Waals surface area contributed by atoms with E-state index in [0.29, 0.717) is 17.8 Å². The number of fused-ring (bicyclic) bond motifs is 2. The molecule has 160 valence electrons. The molecule has 1 aliphatic heterocycles. The van der Waals surface area contributed by atoms with Crippen molar-refractivity contribution < 1.29 is 10.2 Å². The average Bonchev–Trinajstić information content (AvgIpc) is 3.37. The second-order valence-corrected chi connectivity index (χ2v) is 9.37. The van der Waals surface area contributed by atoms with Crippen LogP contribution < -0.4 is 4.90 Å². The molecule has 2 aliphatic rings. The van der Waals surface area contributed by atoms with Crippen molar-refractivity contribution in [1.82, 2.24) is 19.7 Å². The van der Waals surface area contributed by atoms with Gasteiger partial charge in [0, 0.05) is 32.8 Å². The molecule has 0 radical (unpaired) electrons. The van der Waals surface area contributed by atoms with Gasteiger partial charge in [0.25, 0.3) is 0 Å². The van der Waals surface area contributed by atoms with Crippen molar-refractivity contribution in [3.63, 3.8) is 0 Å². The molecule has 0 aromatic carbocycles. The van der Waals surface area contributed by atoms with Crippen LogP contribution in [0.25, 0.3) is 11.0 Å². The Bertz CT molecular complexity index is 818. The van der Waals surface area contributed by atoms with E-state index in [1.807, 2.05) is 0 Å². The van der Waals surface area contributed by atoms with Crippen molar-refractivity contribution in [2.45, 2.75) is 53.0 Å². The third-order valence-corrected chi connectivity index (χ3v) is 6.90. The number of anilines is 1. The predicted molar refractivity (Wildman–Crippen MR) is 114 cm³/mol. The molecule has 0 bridgehead atoms. The Morgan fingerprint density at radius 3 is 2.38 bits per heavy atom. The molecule has 1 saturated heterocycles. The van der Waals surface area contributed by atoms with Crippen molar-refractivity contribution in [1.29, 1.82) is 0 Å². The van der Waals surface area contributed by atoms with E-state index in [1.165, 1.54) is 0 Å². The van der Waals surface area contributed by atoms with Gasteiger partial charge in [0.1, 0.15) is 12.1 Å². The zero-order chi connectivity index (χ0) is 20.5. The minimum Gasteiger partial charge on any atom is -0.396 e. The number of nitrogens with zero attached hydrogens (tertiary/aromatic N) is 5. The van der Waals surface area contributed by atoms with Crippen molar-refractivity contribution in [2.75, 3.05) is 31.2 Å². The zero-order valence-electron chi connectivity index (χ0n) is 18.0. The van der Waals surface area contributed by atoms with Gasteiger partial charge in [0.2, 0.25) is 0 Å². The predicted octanol–water partition coefficient (Wildman–Crippen LogP) is 2.50. The highest BCUT2D eigenvalue weighted by molar-refractivity contribution is 5.90. The molecule has 0 unspecified atom stereocenters. The lowest BCUT2D eigenvalue weighted by Gasteiger charge is -2.22. The van der Waals surface area contributed by atoms with Crippen molar-refractivity contribution in [3.8, 4) is 0 Å². The maximum Gasteiger partial charge on any atom is 0.163 e. The van der Waals surface area contributed by atoms with Crippen LogP contribution in [0, 0.1) is 29.6 Å². The van der Waals surface area contributed by atoms with Crippen LogP contribution in [-0.2, 0) is 13.0 Å². The summed E-state index contributed by atoms with van der Waals surface area (Å²) < 4.78 is 2.06. The minimum absolute atomic E-state index is 0.207. The fourth-order valence-electron chi connectivity index (χ4n) is 5.48. The molecule has 2 N–H and O–H groups in total. The largest absolute Gasteiger partial charge is 0.396 e. The number of unbranched alkanes of at least 4 members (excludes halogenated alkanes) is 1. The van der Waals surface area contributed by atoms with Gasteiger partial charge in [-0.25, -0.2) is 14.6 Å². The quantitative estimate of drug-likeness (QED) is 0.707. The Kier molecular flexibility index (Phi) is 6.06. The molecule has 2 aromatic rings. The molecule has 4 rings (SSSR count). The monoisotopic (exact) mass is 401 g/mol. The van der Waals surface area contributed by atoms with Crippen LogP contribution in [0.1, 0.15) is 45.7 Å². The number of hydrogen-bond acceptors (Lipinski definition) is 6. The van der Waals surface area contributed by atoms with E-state index in [-0.39, 0.29) is 25.0 Å². The Morgan fingerprint density at radius 2 is 1.79 bits per heavy atom. The Labute approximate surface area is 173 Å². The summed E-state index contributed by atoms with van der Waals surface area (Å²) in [5.74, 6) is 2.90. The summed E-state index contributed by atoms with van der Waals surface area (Å²) >= 11 is 0. The molecule has 1 saturated carbocycles. The molecule has 1 aliphatic carbocycles. The lowest BCUT2D eigenvalue weighted by Crippen LogP contribution is -2.26. The van der Waals surface area contributed by atoms with Crippen LogP contribution >= 0.6 is 0 Å². The SMILES string of the molecule is CCCCn1nc(CC(C)C)c2c(N3C[C@@H]4[C@H](CO)C[C@H](CO)[C@@H]4C3)ncnc21. The van der Waals surface area contributed by atoms with Crippen LogP contribution in [0.5, 0.6) is 0 Å². The molecule has 0 spiro atoms. The van der Waals surface area contributed by atoms with Crippen LogP contribution in [0.15, 0.2) is 6.33 Å². The van der Waals surface area contributed by atoms with Crippen molar-refractivity contribution in [2.24, 2.45) is 29.6 Å². The molecular formula is C22H35N5O2. The first-order chi connectivity index (χ1) is 14.1. The van der Waals surface area contributed by atoms with Gasteiger partial charge in [-0.2, -0.15) is 5.10 Å². The number of aliphatic hydroxyl groups excluding tert-OH is 2. The topological polar surface area (TPSA) is 87.3 Å². The normalized spacial score (nSPS) is 26.8. The Hall–Kier alpha value is -1.73. The number of aliphatic hydroxyl groups is 2. The lowest BCUT2D eigenvalue weighted by molar-refractivity contribution is 0.188. The fourth-order valence-corrected chi connectivity index (χ4v) is 5.48. The van der Waals surface area contributed by atoms with E-state index in [1.54, 1.807) is 6.33 Å². The van der Waals surface area contributed by atoms with Crippen LogP contribution in [0.4, 0.5) is 5.82 Å². The van der Waals surface area contributed by atoms with Gasteiger partial charge in [-0.05, 0) is 48.9 Å². The third kappa shape index (κ3) is 3.75. The summed E-state index contributed by atoms with van der Waals surface area (Å²) in [6.07, 6.45) is 5.72. The average molecular weight is 402 g/mol. The summed E-state index contributed by atoms with van der Waals surface area (Å²) in [5.41, 5.74) is 2.03. The lowest BCUT2D eigenvalue weighted by atomic mass is 9.91. The summed E-state index contributed by atoms with van der Waals surface area (Å²) in [7, 11) is 0. The number of aryl methyl sites for hydroxylation is 1. The standard InChI is InChI=1S/C22H35N5O2/c1-4-5-6-27-22-20(19(25-27)7-14(2)3)21(23-13-24-22)26-9-17-15(11-28)8-16(12-29)18(17)10-26/h13-18,28-29H,4-12H2,1-3H3/t15-,16+,17+,18-. The van der Waals surface area contributed by atoms with Gasteiger partial charge in [-0.1, -0.05) is 27.2 Å². The third-order valence-electron chi connectivity index (χ3n) is 6.90. The second-order valence-electron chi connectivity index (χ2n) is 9.37. The first-order valence-electron chi connectivity index (χ1n) is 11.2. The van der Waals surface area contributed by atoms with E-state index in [9.17, 15) is 10.2 Å². The van der Waals surface area contributed by atoms with E-state index in [4.69, 9.17) is 10.1 Å². The molecule has 2 fully saturated rings. The highest BCUT2D eigenvalue weighted by Gasteiger charge is 2.48. The first kappa shape index (κ1) is 20.5. The molecule has 2 aromatic heterocycles. The number of hydrogen-bond donors (Lipinski definition) is 2. The van der Waals surface area contributed by atoms with Gasteiger partial charge in [0.15, 0.2) is 5.65 Å². The van der Waals surface area contributed by atoms with E-state index in [2.05, 4.69) is 35.3 Å². The summed E-state index contributed by atoms with van der Waals surface area (Å²) in [6, 6.07) is 0. The van der Waals surface area contributed by atoms with Crippen LogP contribution in [0.2, 0.25) is 0 Å².